The number of carbonyl (C=O) groups is 3. The zero-order valence-corrected chi connectivity index (χ0v) is 21.0. The summed E-state index contributed by atoms with van der Waals surface area (Å²) in [5.74, 6) is -0.883. The number of esters is 1. The Kier molecular flexibility index (Phi) is 7.90. The summed E-state index contributed by atoms with van der Waals surface area (Å²) in [6.45, 7) is 2.14. The third kappa shape index (κ3) is 6.16. The van der Waals surface area contributed by atoms with Crippen LogP contribution >= 0.6 is 23.4 Å². The highest BCUT2D eigenvalue weighted by Crippen LogP contribution is 2.36. The third-order valence-electron chi connectivity index (χ3n) is 5.19. The molecular formula is C26H19ClN2O7S. The van der Waals surface area contributed by atoms with Crippen LogP contribution in [0.1, 0.15) is 28.4 Å². The molecule has 2 amide bonds. The molecule has 188 valence electrons. The highest BCUT2D eigenvalue weighted by Gasteiger charge is 2.35. The van der Waals surface area contributed by atoms with E-state index in [0.717, 1.165) is 28.3 Å². The SMILES string of the molecule is CCOc1cc(/C=C2\SC(=O)N(Cc3ccc(Cl)cc3)C2=O)ccc1OC(=O)c1cccc([N+](=O)[O-])c1. The fraction of sp³-hybridized carbons (Fsp3) is 0.115. The first-order chi connectivity index (χ1) is 17.7. The molecule has 0 atom stereocenters. The lowest BCUT2D eigenvalue weighted by Gasteiger charge is -2.12. The molecule has 9 nitrogen and oxygen atoms in total. The second-order valence-electron chi connectivity index (χ2n) is 7.73. The highest BCUT2D eigenvalue weighted by molar-refractivity contribution is 8.18. The van der Waals surface area contributed by atoms with Crippen molar-refractivity contribution in [1.82, 2.24) is 4.90 Å². The summed E-state index contributed by atoms with van der Waals surface area (Å²) in [7, 11) is 0. The number of ether oxygens (including phenoxy) is 2. The van der Waals surface area contributed by atoms with Gasteiger partial charge in [0, 0.05) is 17.2 Å². The topological polar surface area (TPSA) is 116 Å². The number of nitro benzene ring substituents is 1. The smallest absolute Gasteiger partial charge is 0.343 e. The number of imide groups is 1. The Hall–Kier alpha value is -4.15. The molecule has 1 saturated heterocycles. The third-order valence-corrected chi connectivity index (χ3v) is 6.35. The molecule has 0 N–H and O–H groups in total. The average molecular weight is 539 g/mol. The van der Waals surface area contributed by atoms with Crippen LogP contribution in [0.5, 0.6) is 11.5 Å². The fourth-order valence-electron chi connectivity index (χ4n) is 3.43. The zero-order valence-electron chi connectivity index (χ0n) is 19.4. The van der Waals surface area contributed by atoms with Gasteiger partial charge in [-0.1, -0.05) is 35.9 Å². The molecule has 0 radical (unpaired) electrons. The number of nitro groups is 1. The number of non-ortho nitro benzene ring substituents is 1. The van der Waals surface area contributed by atoms with Crippen LogP contribution in [0.3, 0.4) is 0 Å². The molecule has 0 saturated carbocycles. The summed E-state index contributed by atoms with van der Waals surface area (Å²) in [6, 6.07) is 16.7. The minimum absolute atomic E-state index is 0.00934. The summed E-state index contributed by atoms with van der Waals surface area (Å²) in [6.07, 6.45) is 1.56. The Bertz CT molecular complexity index is 1420. The number of carbonyl (C=O) groups excluding carboxylic acids is 3. The summed E-state index contributed by atoms with van der Waals surface area (Å²) in [5, 5.41) is 11.2. The van der Waals surface area contributed by atoms with Gasteiger partial charge in [0.2, 0.25) is 0 Å². The Morgan fingerprint density at radius 2 is 1.84 bits per heavy atom. The predicted octanol–water partition coefficient (Wildman–Crippen LogP) is 6.10. The van der Waals surface area contributed by atoms with Gasteiger partial charge in [-0.05, 0) is 66.2 Å². The standard InChI is InChI=1S/C26H19ClN2O7S/c1-2-35-22-12-17(8-11-21(22)36-25(31)18-4-3-5-20(14-18)29(33)34)13-23-24(30)28(26(32)37-23)15-16-6-9-19(27)10-7-16/h3-14H,2,15H2,1H3/b23-13-. The van der Waals surface area contributed by atoms with Gasteiger partial charge in [-0.2, -0.15) is 0 Å². The second kappa shape index (κ2) is 11.3. The van der Waals surface area contributed by atoms with Crippen LogP contribution in [0.4, 0.5) is 10.5 Å². The van der Waals surface area contributed by atoms with E-state index in [1.54, 1.807) is 49.4 Å². The van der Waals surface area contributed by atoms with Crippen molar-refractivity contribution in [1.29, 1.82) is 0 Å². The van der Waals surface area contributed by atoms with Gasteiger partial charge in [-0.25, -0.2) is 4.79 Å². The molecule has 3 aromatic rings. The summed E-state index contributed by atoms with van der Waals surface area (Å²) < 4.78 is 11.0. The Labute approximate surface area is 220 Å². The lowest BCUT2D eigenvalue weighted by atomic mass is 10.1. The fourth-order valence-corrected chi connectivity index (χ4v) is 4.40. The normalized spacial score (nSPS) is 14.2. The van der Waals surface area contributed by atoms with E-state index in [1.807, 2.05) is 0 Å². The van der Waals surface area contributed by atoms with E-state index in [0.29, 0.717) is 10.6 Å². The zero-order chi connectivity index (χ0) is 26.5. The molecule has 3 aromatic carbocycles. The van der Waals surface area contributed by atoms with Gasteiger partial charge in [0.15, 0.2) is 11.5 Å². The Morgan fingerprint density at radius 3 is 2.54 bits per heavy atom. The van der Waals surface area contributed by atoms with Crippen LogP contribution in [0.15, 0.2) is 71.6 Å². The van der Waals surface area contributed by atoms with Gasteiger partial charge in [-0.15, -0.1) is 0 Å². The molecule has 4 rings (SSSR count). The van der Waals surface area contributed by atoms with Crippen LogP contribution in [0, 0.1) is 10.1 Å². The van der Waals surface area contributed by atoms with Crippen molar-refractivity contribution in [2.24, 2.45) is 0 Å². The van der Waals surface area contributed by atoms with Gasteiger partial charge >= 0.3 is 5.97 Å². The van der Waals surface area contributed by atoms with Gasteiger partial charge in [0.1, 0.15) is 0 Å². The number of halogens is 1. The molecule has 1 aliphatic heterocycles. The van der Waals surface area contributed by atoms with Crippen LogP contribution < -0.4 is 9.47 Å². The molecule has 1 fully saturated rings. The van der Waals surface area contributed by atoms with E-state index in [2.05, 4.69) is 0 Å². The Balaban J connectivity index is 1.53. The summed E-state index contributed by atoms with van der Waals surface area (Å²) in [5.41, 5.74) is 1.09. The van der Waals surface area contributed by atoms with Gasteiger partial charge in [0.05, 0.1) is 28.5 Å². The quantitative estimate of drug-likeness (QED) is 0.111. The Morgan fingerprint density at radius 1 is 1.08 bits per heavy atom. The monoisotopic (exact) mass is 538 g/mol. The molecule has 0 aliphatic carbocycles. The van der Waals surface area contributed by atoms with Crippen molar-refractivity contribution >= 4 is 52.2 Å². The maximum atomic E-state index is 12.9. The first-order valence-corrected chi connectivity index (χ1v) is 12.2. The molecule has 11 heteroatoms. The number of thioether (sulfide) groups is 1. The van der Waals surface area contributed by atoms with Crippen molar-refractivity contribution in [3.63, 3.8) is 0 Å². The van der Waals surface area contributed by atoms with Crippen LogP contribution in [-0.4, -0.2) is 33.5 Å². The lowest BCUT2D eigenvalue weighted by molar-refractivity contribution is -0.384. The van der Waals surface area contributed by atoms with Gasteiger partial charge < -0.3 is 9.47 Å². The first-order valence-electron chi connectivity index (χ1n) is 11.0. The highest BCUT2D eigenvalue weighted by atomic mass is 35.5. The number of hydrogen-bond donors (Lipinski definition) is 0. The molecule has 0 unspecified atom stereocenters. The number of rotatable bonds is 8. The van der Waals surface area contributed by atoms with Crippen molar-refractivity contribution < 1.29 is 28.8 Å². The van der Waals surface area contributed by atoms with E-state index in [4.69, 9.17) is 21.1 Å². The molecular weight excluding hydrogens is 520 g/mol. The first kappa shape index (κ1) is 25.9. The van der Waals surface area contributed by atoms with Crippen molar-refractivity contribution in [2.75, 3.05) is 6.61 Å². The molecule has 0 spiro atoms. The number of nitrogens with zero attached hydrogens (tertiary/aromatic N) is 2. The number of amides is 2. The van der Waals surface area contributed by atoms with Crippen molar-refractivity contribution in [2.45, 2.75) is 13.5 Å². The number of benzene rings is 3. The maximum Gasteiger partial charge on any atom is 0.343 e. The van der Waals surface area contributed by atoms with E-state index in [1.165, 1.54) is 24.3 Å². The van der Waals surface area contributed by atoms with Crippen LogP contribution in [0.2, 0.25) is 5.02 Å². The maximum absolute atomic E-state index is 12.9. The second-order valence-corrected chi connectivity index (χ2v) is 9.16. The van der Waals surface area contributed by atoms with Crippen molar-refractivity contribution in [3.8, 4) is 11.5 Å². The largest absolute Gasteiger partial charge is 0.490 e. The number of hydrogen-bond acceptors (Lipinski definition) is 8. The summed E-state index contributed by atoms with van der Waals surface area (Å²) in [4.78, 5) is 49.7. The molecule has 1 heterocycles. The van der Waals surface area contributed by atoms with Crippen LogP contribution in [-0.2, 0) is 11.3 Å². The lowest BCUT2D eigenvalue weighted by Crippen LogP contribution is -2.27. The van der Waals surface area contributed by atoms with E-state index < -0.39 is 22.0 Å². The molecule has 0 aromatic heterocycles. The van der Waals surface area contributed by atoms with E-state index in [-0.39, 0.29) is 40.8 Å². The molecule has 37 heavy (non-hydrogen) atoms. The predicted molar refractivity (Wildman–Crippen MR) is 139 cm³/mol. The van der Waals surface area contributed by atoms with Crippen molar-refractivity contribution in [3.05, 3.63) is 103 Å². The van der Waals surface area contributed by atoms with Crippen LogP contribution in [0.25, 0.3) is 6.08 Å². The van der Waals surface area contributed by atoms with Gasteiger partial charge in [0.25, 0.3) is 16.8 Å². The van der Waals surface area contributed by atoms with E-state index in [9.17, 15) is 24.5 Å². The molecule has 1 aliphatic rings. The van der Waals surface area contributed by atoms with Gasteiger partial charge in [-0.3, -0.25) is 24.6 Å². The summed E-state index contributed by atoms with van der Waals surface area (Å²) >= 11 is 6.72. The minimum Gasteiger partial charge on any atom is -0.490 e. The van der Waals surface area contributed by atoms with E-state index >= 15 is 0 Å². The average Bonchev–Trinajstić information content (AvgIpc) is 3.14. The minimum atomic E-state index is -0.791. The molecule has 0 bridgehead atoms.